The Morgan fingerprint density at radius 3 is 2.60 bits per heavy atom. The molecule has 1 aromatic carbocycles. The first kappa shape index (κ1) is 14.9. The van der Waals surface area contributed by atoms with Crippen LogP contribution < -0.4 is 10.6 Å². The van der Waals surface area contributed by atoms with Crippen LogP contribution >= 0.6 is 27.3 Å². The number of amides is 2. The minimum Gasteiger partial charge on any atom is -0.326 e. The van der Waals surface area contributed by atoms with E-state index in [1.54, 1.807) is 19.9 Å². The molecule has 0 unspecified atom stereocenters. The fraction of sp³-hybridized carbons (Fsp3) is 0.308. The standard InChI is InChI=1S/C13H14BrN3O2S/c1-7(18)15-8-4-5-9-10(6-8)20-12(16-9)17-11(19)13(2,3)14/h4-6H,1-3H3,(H,15,18)(H,16,17,19). The first-order valence-corrected chi connectivity index (χ1v) is 7.55. The van der Waals surface area contributed by atoms with E-state index in [-0.39, 0.29) is 11.8 Å². The summed E-state index contributed by atoms with van der Waals surface area (Å²) < 4.78 is 0.255. The number of thiazole rings is 1. The van der Waals surface area contributed by atoms with E-state index in [1.165, 1.54) is 18.3 Å². The second-order valence-corrected chi connectivity index (χ2v) is 7.82. The summed E-state index contributed by atoms with van der Waals surface area (Å²) in [4.78, 5) is 27.2. The van der Waals surface area contributed by atoms with E-state index < -0.39 is 4.32 Å². The Kier molecular flexibility index (Phi) is 4.10. The lowest BCUT2D eigenvalue weighted by atomic mass is 10.2. The van der Waals surface area contributed by atoms with Crippen LogP contribution in [0.3, 0.4) is 0 Å². The molecule has 0 saturated carbocycles. The van der Waals surface area contributed by atoms with Crippen LogP contribution in [0.15, 0.2) is 18.2 Å². The number of halogens is 1. The van der Waals surface area contributed by atoms with Gasteiger partial charge in [-0.15, -0.1) is 0 Å². The topological polar surface area (TPSA) is 71.1 Å². The molecule has 5 nitrogen and oxygen atoms in total. The van der Waals surface area contributed by atoms with E-state index in [1.807, 2.05) is 12.1 Å². The van der Waals surface area contributed by atoms with Crippen molar-refractivity contribution in [3.8, 4) is 0 Å². The number of hydrogen-bond acceptors (Lipinski definition) is 4. The fourth-order valence-corrected chi connectivity index (χ4v) is 2.50. The molecule has 0 aliphatic rings. The van der Waals surface area contributed by atoms with E-state index in [9.17, 15) is 9.59 Å². The van der Waals surface area contributed by atoms with E-state index in [0.29, 0.717) is 10.8 Å². The number of carbonyl (C=O) groups is 2. The lowest BCUT2D eigenvalue weighted by Gasteiger charge is -2.13. The number of nitrogens with one attached hydrogen (secondary N) is 2. The zero-order valence-electron chi connectivity index (χ0n) is 11.3. The van der Waals surface area contributed by atoms with Crippen molar-refractivity contribution in [3.05, 3.63) is 18.2 Å². The zero-order chi connectivity index (χ0) is 14.9. The third kappa shape index (κ3) is 3.55. The van der Waals surface area contributed by atoms with Gasteiger partial charge in [0, 0.05) is 12.6 Å². The second-order valence-electron chi connectivity index (χ2n) is 4.81. The molecule has 2 amide bonds. The Morgan fingerprint density at radius 2 is 2.00 bits per heavy atom. The minimum atomic E-state index is -0.647. The van der Waals surface area contributed by atoms with Crippen molar-refractivity contribution in [2.45, 2.75) is 25.1 Å². The number of carbonyl (C=O) groups excluding carboxylic acids is 2. The molecule has 20 heavy (non-hydrogen) atoms. The second kappa shape index (κ2) is 5.49. The van der Waals surface area contributed by atoms with Gasteiger partial charge in [0.1, 0.15) is 0 Å². The number of fused-ring (bicyclic) bond motifs is 1. The van der Waals surface area contributed by atoms with Crippen LogP contribution in [0.5, 0.6) is 0 Å². The third-order valence-corrected chi connectivity index (χ3v) is 3.76. The smallest absolute Gasteiger partial charge is 0.242 e. The Morgan fingerprint density at radius 1 is 1.30 bits per heavy atom. The van der Waals surface area contributed by atoms with E-state index in [2.05, 4.69) is 31.5 Å². The molecule has 1 aromatic heterocycles. The molecule has 2 aromatic rings. The van der Waals surface area contributed by atoms with Gasteiger partial charge in [-0.2, -0.15) is 0 Å². The molecule has 2 N–H and O–H groups in total. The molecule has 0 radical (unpaired) electrons. The number of nitrogens with zero attached hydrogens (tertiary/aromatic N) is 1. The van der Waals surface area contributed by atoms with Gasteiger partial charge < -0.3 is 10.6 Å². The molecule has 0 fully saturated rings. The van der Waals surface area contributed by atoms with Crippen molar-refractivity contribution in [1.29, 1.82) is 0 Å². The summed E-state index contributed by atoms with van der Waals surface area (Å²) in [6.45, 7) is 5.00. The Hall–Kier alpha value is -1.47. The average molecular weight is 356 g/mol. The normalized spacial score (nSPS) is 11.4. The summed E-state index contributed by atoms with van der Waals surface area (Å²) >= 11 is 4.67. The van der Waals surface area contributed by atoms with Crippen LogP contribution in [0.2, 0.25) is 0 Å². The van der Waals surface area contributed by atoms with Crippen molar-refractivity contribution in [2.24, 2.45) is 0 Å². The van der Waals surface area contributed by atoms with Gasteiger partial charge in [-0.05, 0) is 32.0 Å². The van der Waals surface area contributed by atoms with Crippen molar-refractivity contribution in [1.82, 2.24) is 4.98 Å². The van der Waals surface area contributed by atoms with Crippen LogP contribution in [0.4, 0.5) is 10.8 Å². The maximum absolute atomic E-state index is 11.9. The first-order chi connectivity index (χ1) is 9.25. The Balaban J connectivity index is 2.25. The van der Waals surface area contributed by atoms with E-state index in [4.69, 9.17) is 0 Å². The highest BCUT2D eigenvalue weighted by atomic mass is 79.9. The zero-order valence-corrected chi connectivity index (χ0v) is 13.7. The van der Waals surface area contributed by atoms with Crippen molar-refractivity contribution in [3.63, 3.8) is 0 Å². The molecule has 0 aliphatic carbocycles. The number of hydrogen-bond donors (Lipinski definition) is 2. The van der Waals surface area contributed by atoms with Crippen molar-refractivity contribution < 1.29 is 9.59 Å². The molecule has 0 bridgehead atoms. The van der Waals surface area contributed by atoms with E-state index >= 15 is 0 Å². The van der Waals surface area contributed by atoms with Crippen LogP contribution in [-0.2, 0) is 9.59 Å². The quantitative estimate of drug-likeness (QED) is 0.829. The average Bonchev–Trinajstić information content (AvgIpc) is 2.68. The monoisotopic (exact) mass is 355 g/mol. The molecule has 0 aliphatic heterocycles. The summed E-state index contributed by atoms with van der Waals surface area (Å²) in [6.07, 6.45) is 0. The van der Waals surface area contributed by atoms with Crippen LogP contribution in [-0.4, -0.2) is 21.1 Å². The maximum atomic E-state index is 11.9. The molecular weight excluding hydrogens is 342 g/mol. The summed E-state index contributed by atoms with van der Waals surface area (Å²) in [5.41, 5.74) is 1.50. The fourth-order valence-electron chi connectivity index (χ4n) is 1.50. The number of alkyl halides is 1. The molecule has 106 valence electrons. The molecule has 2 rings (SSSR count). The van der Waals surface area contributed by atoms with Gasteiger partial charge in [-0.1, -0.05) is 27.3 Å². The highest BCUT2D eigenvalue weighted by Gasteiger charge is 2.24. The Bertz CT molecular complexity index is 676. The van der Waals surface area contributed by atoms with Crippen LogP contribution in [0.25, 0.3) is 10.2 Å². The third-order valence-electron chi connectivity index (χ3n) is 2.47. The number of rotatable bonds is 3. The van der Waals surface area contributed by atoms with Crippen LogP contribution in [0.1, 0.15) is 20.8 Å². The highest BCUT2D eigenvalue weighted by Crippen LogP contribution is 2.29. The molecule has 0 atom stereocenters. The van der Waals surface area contributed by atoms with Gasteiger partial charge in [0.15, 0.2) is 5.13 Å². The molecule has 0 spiro atoms. The molecule has 7 heteroatoms. The van der Waals surface area contributed by atoms with Gasteiger partial charge in [0.25, 0.3) is 0 Å². The maximum Gasteiger partial charge on any atom is 0.242 e. The molecule has 1 heterocycles. The lowest BCUT2D eigenvalue weighted by molar-refractivity contribution is -0.117. The summed E-state index contributed by atoms with van der Waals surface area (Å²) in [5.74, 6) is -0.276. The van der Waals surface area contributed by atoms with Gasteiger partial charge in [0.2, 0.25) is 11.8 Å². The van der Waals surface area contributed by atoms with Crippen molar-refractivity contribution in [2.75, 3.05) is 10.6 Å². The van der Waals surface area contributed by atoms with Crippen molar-refractivity contribution >= 4 is 60.1 Å². The lowest BCUT2D eigenvalue weighted by Crippen LogP contribution is -2.30. The number of anilines is 2. The predicted molar refractivity (Wildman–Crippen MR) is 85.6 cm³/mol. The summed E-state index contributed by atoms with van der Waals surface area (Å²) in [5, 5.41) is 6.02. The van der Waals surface area contributed by atoms with E-state index in [0.717, 1.165) is 10.2 Å². The first-order valence-electron chi connectivity index (χ1n) is 5.94. The summed E-state index contributed by atoms with van der Waals surface area (Å²) in [6, 6.07) is 5.43. The van der Waals surface area contributed by atoms with Gasteiger partial charge in [-0.3, -0.25) is 9.59 Å². The van der Waals surface area contributed by atoms with Gasteiger partial charge in [-0.25, -0.2) is 4.98 Å². The minimum absolute atomic E-state index is 0.122. The molecule has 0 saturated heterocycles. The van der Waals surface area contributed by atoms with Crippen LogP contribution in [0, 0.1) is 0 Å². The Labute approximate surface area is 128 Å². The number of benzene rings is 1. The van der Waals surface area contributed by atoms with Gasteiger partial charge >= 0.3 is 0 Å². The highest BCUT2D eigenvalue weighted by molar-refractivity contribution is 9.10. The van der Waals surface area contributed by atoms with Gasteiger partial charge in [0.05, 0.1) is 14.5 Å². The predicted octanol–water partition coefficient (Wildman–Crippen LogP) is 3.37. The summed E-state index contributed by atoms with van der Waals surface area (Å²) in [7, 11) is 0. The largest absolute Gasteiger partial charge is 0.326 e. The molecular formula is C13H14BrN3O2S. The number of aromatic nitrogens is 1. The SMILES string of the molecule is CC(=O)Nc1ccc2nc(NC(=O)C(C)(C)Br)sc2c1.